The molecule has 0 spiro atoms. The van der Waals surface area contributed by atoms with Crippen molar-refractivity contribution in [3.63, 3.8) is 0 Å². The van der Waals surface area contributed by atoms with Crippen LogP contribution in [0.25, 0.3) is 0 Å². The fourth-order valence-electron chi connectivity index (χ4n) is 0.886. The van der Waals surface area contributed by atoms with Crippen LogP contribution in [0.5, 0.6) is 0 Å². The van der Waals surface area contributed by atoms with Gasteiger partial charge in [0.15, 0.2) is 0 Å². The smallest absolute Gasteiger partial charge is 0.245 e. The van der Waals surface area contributed by atoms with Gasteiger partial charge in [-0.1, -0.05) is 0 Å². The minimum absolute atomic E-state index is 0.195. The summed E-state index contributed by atoms with van der Waals surface area (Å²) in [5, 5.41) is 22.4. The highest BCUT2D eigenvalue weighted by Gasteiger charge is 2.23. The number of aliphatic hydroxyl groups excluding tert-OH is 2. The summed E-state index contributed by atoms with van der Waals surface area (Å²) in [6, 6.07) is -1.39. The topological polar surface area (TPSA) is 98.7 Å². The fraction of sp³-hybridized carbons (Fsp3) is 0.750. The largest absolute Gasteiger partial charge is 0.394 e. The van der Waals surface area contributed by atoms with Gasteiger partial charge in [-0.25, -0.2) is 0 Å². The maximum atomic E-state index is 11.3. The van der Waals surface area contributed by atoms with E-state index in [1.54, 1.807) is 6.92 Å². The average molecular weight is 204 g/mol. The van der Waals surface area contributed by atoms with Crippen LogP contribution in [0.2, 0.25) is 0 Å². The van der Waals surface area contributed by atoms with Crippen LogP contribution < -0.4 is 10.6 Å². The first-order chi connectivity index (χ1) is 6.52. The van der Waals surface area contributed by atoms with Gasteiger partial charge in [-0.2, -0.15) is 0 Å². The quantitative estimate of drug-likeness (QED) is 0.375. The third-order valence-electron chi connectivity index (χ3n) is 1.67. The van der Waals surface area contributed by atoms with Gasteiger partial charge in [0.25, 0.3) is 0 Å². The number of rotatable bonds is 6. The molecule has 0 heterocycles. The molecule has 0 aromatic carbocycles. The Balaban J connectivity index is 4.21. The molecule has 0 saturated carbocycles. The van der Waals surface area contributed by atoms with Gasteiger partial charge in [0.1, 0.15) is 6.04 Å². The monoisotopic (exact) mass is 204 g/mol. The molecule has 14 heavy (non-hydrogen) atoms. The van der Waals surface area contributed by atoms with Gasteiger partial charge >= 0.3 is 0 Å². The van der Waals surface area contributed by atoms with Crippen molar-refractivity contribution in [1.82, 2.24) is 10.6 Å². The zero-order chi connectivity index (χ0) is 11.1. The van der Waals surface area contributed by atoms with Crippen LogP contribution in [-0.2, 0) is 9.59 Å². The Labute approximate surface area is 82.3 Å². The van der Waals surface area contributed by atoms with Crippen LogP contribution in [0, 0.1) is 0 Å². The Morgan fingerprint density at radius 2 is 2.07 bits per heavy atom. The zero-order valence-corrected chi connectivity index (χ0v) is 8.23. The predicted octanol–water partition coefficient (Wildman–Crippen LogP) is -2.02. The van der Waals surface area contributed by atoms with E-state index in [0.29, 0.717) is 6.41 Å². The summed E-state index contributed by atoms with van der Waals surface area (Å²) in [6.45, 7) is 2.81. The van der Waals surface area contributed by atoms with Crippen molar-refractivity contribution in [2.24, 2.45) is 0 Å². The Kier molecular flexibility index (Phi) is 5.82. The molecule has 0 rings (SSSR count). The van der Waals surface area contributed by atoms with Crippen LogP contribution in [0.4, 0.5) is 0 Å². The molecule has 0 bridgehead atoms. The third kappa shape index (κ3) is 4.20. The molecule has 4 N–H and O–H groups in total. The molecule has 0 unspecified atom stereocenters. The highest BCUT2D eigenvalue weighted by molar-refractivity contribution is 5.84. The lowest BCUT2D eigenvalue weighted by molar-refractivity contribution is -0.128. The number of amides is 2. The van der Waals surface area contributed by atoms with Crippen LogP contribution in [-0.4, -0.2) is 47.3 Å². The van der Waals surface area contributed by atoms with Crippen LogP contribution in [0.15, 0.2) is 0 Å². The molecule has 0 radical (unpaired) electrons. The maximum Gasteiger partial charge on any atom is 0.245 e. The van der Waals surface area contributed by atoms with Crippen molar-refractivity contribution in [2.75, 3.05) is 6.61 Å². The van der Waals surface area contributed by atoms with E-state index in [4.69, 9.17) is 10.2 Å². The standard InChI is InChI=1S/C8H16N2O4/c1-5(3-11)10-8(14)7(6(2)13)9-4-12/h4-7,11,13H,3H2,1-2H3,(H,9,12)(H,10,14)/t5-,6+,7-/m0/s1. The molecule has 6 heteroatoms. The number of nitrogens with one attached hydrogen (secondary N) is 2. The molecule has 3 atom stereocenters. The second-order valence-electron chi connectivity index (χ2n) is 3.10. The molecule has 2 amide bonds. The minimum atomic E-state index is -0.985. The molecule has 0 aromatic rings. The Morgan fingerprint density at radius 1 is 1.50 bits per heavy atom. The molecular formula is C8H16N2O4. The second-order valence-corrected chi connectivity index (χ2v) is 3.10. The van der Waals surface area contributed by atoms with Gasteiger partial charge < -0.3 is 20.8 Å². The Hall–Kier alpha value is -1.14. The van der Waals surface area contributed by atoms with E-state index in [2.05, 4.69) is 10.6 Å². The number of aliphatic hydroxyl groups is 2. The number of hydrogen-bond acceptors (Lipinski definition) is 4. The van der Waals surface area contributed by atoms with E-state index in [1.165, 1.54) is 6.92 Å². The molecule has 0 saturated heterocycles. The Bertz CT molecular complexity index is 196. The van der Waals surface area contributed by atoms with E-state index in [1.807, 2.05) is 0 Å². The second kappa shape index (κ2) is 6.33. The van der Waals surface area contributed by atoms with Crippen LogP contribution in [0.3, 0.4) is 0 Å². The summed E-state index contributed by atoms with van der Waals surface area (Å²) in [7, 11) is 0. The lowest BCUT2D eigenvalue weighted by Crippen LogP contribution is -2.52. The van der Waals surface area contributed by atoms with Crippen molar-refractivity contribution in [2.45, 2.75) is 32.0 Å². The van der Waals surface area contributed by atoms with E-state index in [0.717, 1.165) is 0 Å². The first-order valence-corrected chi connectivity index (χ1v) is 4.32. The third-order valence-corrected chi connectivity index (χ3v) is 1.67. The molecule has 0 aliphatic carbocycles. The predicted molar refractivity (Wildman–Crippen MR) is 49.4 cm³/mol. The SMILES string of the molecule is C[C@@H](CO)NC(=O)[C@@H](NC=O)[C@@H](C)O. The molecule has 0 aromatic heterocycles. The summed E-state index contributed by atoms with van der Waals surface area (Å²) in [6.07, 6.45) is -0.633. The van der Waals surface area contributed by atoms with Crippen molar-refractivity contribution >= 4 is 12.3 Å². The number of carbonyl (C=O) groups is 2. The fourth-order valence-corrected chi connectivity index (χ4v) is 0.886. The first kappa shape index (κ1) is 12.9. The number of hydrogen-bond donors (Lipinski definition) is 4. The normalized spacial score (nSPS) is 16.6. The Morgan fingerprint density at radius 3 is 2.43 bits per heavy atom. The number of carbonyl (C=O) groups excluding carboxylic acids is 2. The van der Waals surface area contributed by atoms with Gasteiger partial charge in [0.2, 0.25) is 12.3 Å². The minimum Gasteiger partial charge on any atom is -0.394 e. The van der Waals surface area contributed by atoms with Gasteiger partial charge in [-0.15, -0.1) is 0 Å². The molecule has 0 fully saturated rings. The van der Waals surface area contributed by atoms with Crippen molar-refractivity contribution in [3.05, 3.63) is 0 Å². The van der Waals surface area contributed by atoms with Crippen LogP contribution in [0.1, 0.15) is 13.8 Å². The van der Waals surface area contributed by atoms with Crippen molar-refractivity contribution in [3.8, 4) is 0 Å². The molecule has 0 aliphatic heterocycles. The van der Waals surface area contributed by atoms with Crippen molar-refractivity contribution in [1.29, 1.82) is 0 Å². The zero-order valence-electron chi connectivity index (χ0n) is 8.23. The highest BCUT2D eigenvalue weighted by Crippen LogP contribution is 1.93. The summed E-state index contributed by atoms with van der Waals surface area (Å²) >= 11 is 0. The maximum absolute atomic E-state index is 11.3. The van der Waals surface area contributed by atoms with Gasteiger partial charge in [-0.05, 0) is 13.8 Å². The van der Waals surface area contributed by atoms with Gasteiger partial charge in [-0.3, -0.25) is 9.59 Å². The van der Waals surface area contributed by atoms with E-state index in [-0.39, 0.29) is 6.61 Å². The van der Waals surface area contributed by atoms with Gasteiger partial charge in [0, 0.05) is 6.04 Å². The summed E-state index contributed by atoms with van der Waals surface area (Å²) in [5.74, 6) is -0.520. The van der Waals surface area contributed by atoms with E-state index < -0.39 is 24.1 Å². The highest BCUT2D eigenvalue weighted by atomic mass is 16.3. The molecular weight excluding hydrogens is 188 g/mol. The van der Waals surface area contributed by atoms with Gasteiger partial charge in [0.05, 0.1) is 12.7 Å². The van der Waals surface area contributed by atoms with Crippen molar-refractivity contribution < 1.29 is 19.8 Å². The summed E-state index contributed by atoms with van der Waals surface area (Å²) < 4.78 is 0. The van der Waals surface area contributed by atoms with E-state index in [9.17, 15) is 9.59 Å². The van der Waals surface area contributed by atoms with E-state index >= 15 is 0 Å². The van der Waals surface area contributed by atoms with Crippen LogP contribution >= 0.6 is 0 Å². The lowest BCUT2D eigenvalue weighted by Gasteiger charge is -2.20. The molecule has 6 nitrogen and oxygen atoms in total. The molecule has 82 valence electrons. The summed E-state index contributed by atoms with van der Waals surface area (Å²) in [5.41, 5.74) is 0. The molecule has 0 aliphatic rings. The summed E-state index contributed by atoms with van der Waals surface area (Å²) in [4.78, 5) is 21.5. The average Bonchev–Trinajstić information content (AvgIpc) is 2.13. The first-order valence-electron chi connectivity index (χ1n) is 4.32. The lowest BCUT2D eigenvalue weighted by atomic mass is 10.1.